The molecule has 0 aliphatic heterocycles. The van der Waals surface area contributed by atoms with Crippen LogP contribution in [0.1, 0.15) is 0 Å². The molecular formula is C5H8N2O4. The molecule has 62 valence electrons. The number of oxime groups is 1. The number of nitrogens with two attached hydrogens (primary N) is 1. The van der Waals surface area contributed by atoms with E-state index in [9.17, 15) is 9.59 Å². The van der Waals surface area contributed by atoms with Crippen LogP contribution in [0.15, 0.2) is 5.16 Å². The van der Waals surface area contributed by atoms with E-state index in [1.807, 2.05) is 0 Å². The lowest BCUT2D eigenvalue weighted by Crippen LogP contribution is -2.31. The Morgan fingerprint density at radius 1 is 1.36 bits per heavy atom. The maximum absolute atomic E-state index is 10.6. The van der Waals surface area contributed by atoms with Crippen LogP contribution >= 0.6 is 0 Å². The molecule has 0 fully saturated rings. The summed E-state index contributed by atoms with van der Waals surface area (Å²) in [5.74, 6) is -1.90. The summed E-state index contributed by atoms with van der Waals surface area (Å²) in [6, 6.07) is 0. The fourth-order valence-corrected chi connectivity index (χ4v) is 0.371. The largest absolute Gasteiger partial charge is 0.464 e. The molecule has 0 rings (SSSR count). The number of rotatable bonds is 3. The van der Waals surface area contributed by atoms with Crippen molar-refractivity contribution >= 4 is 17.6 Å². The van der Waals surface area contributed by atoms with Crippen molar-refractivity contribution in [1.29, 1.82) is 0 Å². The maximum Gasteiger partial charge on any atom is 0.365 e. The number of primary amides is 1. The summed E-state index contributed by atoms with van der Waals surface area (Å²) in [4.78, 5) is 25.2. The molecule has 0 unspecified atom stereocenters. The second kappa shape index (κ2) is 4.26. The van der Waals surface area contributed by atoms with Crippen LogP contribution in [0.4, 0.5) is 0 Å². The summed E-state index contributed by atoms with van der Waals surface area (Å²) in [6.07, 6.45) is 0. The minimum atomic E-state index is -0.987. The predicted molar refractivity (Wildman–Crippen MR) is 35.7 cm³/mol. The van der Waals surface area contributed by atoms with Crippen LogP contribution in [-0.4, -0.2) is 31.8 Å². The van der Waals surface area contributed by atoms with Crippen LogP contribution in [-0.2, 0) is 19.2 Å². The molecule has 6 heteroatoms. The van der Waals surface area contributed by atoms with E-state index >= 15 is 0 Å². The molecule has 0 radical (unpaired) electrons. The summed E-state index contributed by atoms with van der Waals surface area (Å²) in [5, 5.41) is 3.06. The molecule has 0 heterocycles. The minimum absolute atomic E-state index is 0.560. The summed E-state index contributed by atoms with van der Waals surface area (Å²) >= 11 is 0. The Labute approximate surface area is 62.9 Å². The van der Waals surface area contributed by atoms with E-state index in [-0.39, 0.29) is 0 Å². The van der Waals surface area contributed by atoms with Crippen LogP contribution in [0.25, 0.3) is 0 Å². The van der Waals surface area contributed by atoms with Crippen molar-refractivity contribution in [2.75, 3.05) is 14.2 Å². The second-order valence-corrected chi connectivity index (χ2v) is 1.48. The van der Waals surface area contributed by atoms with Gasteiger partial charge in [-0.2, -0.15) is 0 Å². The maximum atomic E-state index is 10.6. The standard InChI is InChI=1S/C5H8N2O4/c1-10-5(9)3(4(6)8)7-11-2/h1-2H3,(H2,6,8)/b7-3+. The third-order valence-corrected chi connectivity index (χ3v) is 0.795. The van der Waals surface area contributed by atoms with Gasteiger partial charge in [0.15, 0.2) is 0 Å². The van der Waals surface area contributed by atoms with Gasteiger partial charge in [-0.25, -0.2) is 4.79 Å². The summed E-state index contributed by atoms with van der Waals surface area (Å²) < 4.78 is 4.18. The molecule has 0 aliphatic carbocycles. The molecule has 0 bridgehead atoms. The molecule has 0 saturated heterocycles. The highest BCUT2D eigenvalue weighted by Gasteiger charge is 2.18. The molecule has 0 aromatic carbocycles. The number of carbonyl (C=O) groups excluding carboxylic acids is 2. The van der Waals surface area contributed by atoms with Crippen LogP contribution < -0.4 is 5.73 Å². The van der Waals surface area contributed by atoms with Gasteiger partial charge in [0.1, 0.15) is 7.11 Å². The SMILES string of the molecule is CO/N=C(\C(N)=O)C(=O)OC. The molecule has 6 nitrogen and oxygen atoms in total. The molecule has 0 spiro atoms. The zero-order chi connectivity index (χ0) is 8.85. The van der Waals surface area contributed by atoms with Gasteiger partial charge in [0, 0.05) is 0 Å². The second-order valence-electron chi connectivity index (χ2n) is 1.48. The van der Waals surface area contributed by atoms with Crippen molar-refractivity contribution in [2.24, 2.45) is 10.9 Å². The van der Waals surface area contributed by atoms with Crippen LogP contribution in [0.3, 0.4) is 0 Å². The van der Waals surface area contributed by atoms with E-state index < -0.39 is 17.6 Å². The van der Waals surface area contributed by atoms with E-state index in [1.54, 1.807) is 0 Å². The lowest BCUT2D eigenvalue weighted by atomic mass is 10.4. The molecule has 0 aromatic heterocycles. The average Bonchev–Trinajstić information content (AvgIpc) is 1.98. The van der Waals surface area contributed by atoms with Crippen molar-refractivity contribution in [3.05, 3.63) is 0 Å². The predicted octanol–water partition coefficient (Wildman–Crippen LogP) is -1.35. The first-order chi connectivity index (χ1) is 5.13. The van der Waals surface area contributed by atoms with Crippen molar-refractivity contribution in [3.63, 3.8) is 0 Å². The number of ether oxygens (including phenoxy) is 1. The van der Waals surface area contributed by atoms with E-state index in [0.717, 1.165) is 7.11 Å². The van der Waals surface area contributed by atoms with Crippen molar-refractivity contribution in [2.45, 2.75) is 0 Å². The normalized spacial score (nSPS) is 10.5. The van der Waals surface area contributed by atoms with Gasteiger partial charge in [0.05, 0.1) is 7.11 Å². The summed E-state index contributed by atoms with van der Waals surface area (Å²) in [7, 11) is 2.29. The molecule has 11 heavy (non-hydrogen) atoms. The zero-order valence-electron chi connectivity index (χ0n) is 6.16. The van der Waals surface area contributed by atoms with E-state index in [4.69, 9.17) is 5.73 Å². The van der Waals surface area contributed by atoms with Gasteiger partial charge in [-0.05, 0) is 0 Å². The summed E-state index contributed by atoms with van der Waals surface area (Å²) in [5.41, 5.74) is 4.19. The van der Waals surface area contributed by atoms with Crippen LogP contribution in [0.5, 0.6) is 0 Å². The third kappa shape index (κ3) is 2.65. The topological polar surface area (TPSA) is 91.0 Å². The minimum Gasteiger partial charge on any atom is -0.464 e. The van der Waals surface area contributed by atoms with Gasteiger partial charge < -0.3 is 15.3 Å². The van der Waals surface area contributed by atoms with E-state index in [1.165, 1.54) is 7.11 Å². The van der Waals surface area contributed by atoms with E-state index in [2.05, 4.69) is 14.7 Å². The number of nitrogens with zero attached hydrogens (tertiary/aromatic N) is 1. The van der Waals surface area contributed by atoms with Gasteiger partial charge in [-0.1, -0.05) is 5.16 Å². The molecule has 0 aliphatic rings. The molecular weight excluding hydrogens is 152 g/mol. The molecule has 0 atom stereocenters. The number of carbonyl (C=O) groups is 2. The van der Waals surface area contributed by atoms with Gasteiger partial charge in [0.2, 0.25) is 0 Å². The smallest absolute Gasteiger partial charge is 0.365 e. The highest BCUT2D eigenvalue weighted by molar-refractivity contribution is 6.63. The highest BCUT2D eigenvalue weighted by Crippen LogP contribution is 1.83. The Kier molecular flexibility index (Phi) is 3.65. The quantitative estimate of drug-likeness (QED) is 0.239. The lowest BCUT2D eigenvalue weighted by Gasteiger charge is -1.96. The first-order valence-electron chi connectivity index (χ1n) is 2.62. The molecule has 1 amide bonds. The third-order valence-electron chi connectivity index (χ3n) is 0.795. The van der Waals surface area contributed by atoms with Crippen LogP contribution in [0.2, 0.25) is 0 Å². The Bertz CT molecular complexity index is 199. The zero-order valence-corrected chi connectivity index (χ0v) is 6.16. The summed E-state index contributed by atoms with van der Waals surface area (Å²) in [6.45, 7) is 0. The average molecular weight is 160 g/mol. The van der Waals surface area contributed by atoms with Crippen molar-refractivity contribution in [3.8, 4) is 0 Å². The number of esters is 1. The molecule has 2 N–H and O–H groups in total. The Morgan fingerprint density at radius 2 is 1.91 bits per heavy atom. The molecule has 0 aromatic rings. The number of amides is 1. The Hall–Kier alpha value is -1.59. The number of hydrogen-bond donors (Lipinski definition) is 1. The highest BCUT2D eigenvalue weighted by atomic mass is 16.6. The van der Waals surface area contributed by atoms with Gasteiger partial charge in [0.25, 0.3) is 11.6 Å². The lowest BCUT2D eigenvalue weighted by molar-refractivity contribution is -0.133. The Morgan fingerprint density at radius 3 is 2.18 bits per heavy atom. The van der Waals surface area contributed by atoms with Crippen molar-refractivity contribution < 1.29 is 19.2 Å². The van der Waals surface area contributed by atoms with Gasteiger partial charge in [-0.15, -0.1) is 0 Å². The Balaban J connectivity index is 4.48. The van der Waals surface area contributed by atoms with Gasteiger partial charge >= 0.3 is 5.97 Å². The van der Waals surface area contributed by atoms with Crippen molar-refractivity contribution in [1.82, 2.24) is 0 Å². The van der Waals surface area contributed by atoms with E-state index in [0.29, 0.717) is 0 Å². The fraction of sp³-hybridized carbons (Fsp3) is 0.400. The number of methoxy groups -OCH3 is 1. The monoisotopic (exact) mass is 160 g/mol. The number of hydrogen-bond acceptors (Lipinski definition) is 5. The fourth-order valence-electron chi connectivity index (χ4n) is 0.371. The van der Waals surface area contributed by atoms with Crippen LogP contribution in [0, 0.1) is 0 Å². The van der Waals surface area contributed by atoms with Gasteiger partial charge in [-0.3, -0.25) is 4.79 Å². The molecule has 0 saturated carbocycles. The first kappa shape index (κ1) is 9.41. The first-order valence-corrected chi connectivity index (χ1v) is 2.62.